The van der Waals surface area contributed by atoms with Crippen molar-refractivity contribution in [2.45, 2.75) is 11.3 Å². The van der Waals surface area contributed by atoms with Gasteiger partial charge in [0.05, 0.1) is 6.20 Å². The summed E-state index contributed by atoms with van der Waals surface area (Å²) in [5, 5.41) is 10.2. The number of halogens is 3. The third kappa shape index (κ3) is 3.48. The molecule has 1 N–H and O–H groups in total. The van der Waals surface area contributed by atoms with Gasteiger partial charge in [0, 0.05) is 22.8 Å². The maximum absolute atomic E-state index is 6.69. The molecule has 1 aliphatic heterocycles. The summed E-state index contributed by atoms with van der Waals surface area (Å²) in [6, 6.07) is 7.28. The number of rotatable bonds is 3. The molecule has 1 aliphatic carbocycles. The van der Waals surface area contributed by atoms with Crippen LogP contribution in [0.1, 0.15) is 6.42 Å². The maximum atomic E-state index is 6.69. The first kappa shape index (κ1) is 18.1. The molecule has 0 fully saturated rings. The van der Waals surface area contributed by atoms with Crippen LogP contribution in [-0.4, -0.2) is 27.8 Å². The van der Waals surface area contributed by atoms with Gasteiger partial charge in [0.25, 0.3) is 0 Å². The fourth-order valence-electron chi connectivity index (χ4n) is 2.69. The number of aromatic nitrogens is 2. The third-order valence-corrected chi connectivity index (χ3v) is 5.37. The number of allylic oxidation sites excluding steroid dienone is 3. The average molecular weight is 423 g/mol. The number of nitrogens with zero attached hydrogens (tertiary/aromatic N) is 4. The van der Waals surface area contributed by atoms with Crippen molar-refractivity contribution in [1.82, 2.24) is 9.97 Å². The molecule has 6 nitrogen and oxygen atoms in total. The minimum atomic E-state index is -1.04. The van der Waals surface area contributed by atoms with Gasteiger partial charge in [-0.1, -0.05) is 41.4 Å². The highest BCUT2D eigenvalue weighted by molar-refractivity contribution is 6.47. The fourth-order valence-corrected chi connectivity index (χ4v) is 3.34. The van der Waals surface area contributed by atoms with E-state index in [4.69, 9.17) is 39.5 Å². The summed E-state index contributed by atoms with van der Waals surface area (Å²) < 4.78 is 5.88. The largest absolute Gasteiger partial charge is 0.433 e. The summed E-state index contributed by atoms with van der Waals surface area (Å²) in [7, 11) is 1.76. The van der Waals surface area contributed by atoms with Crippen molar-refractivity contribution >= 4 is 58.2 Å². The second-order valence-electron chi connectivity index (χ2n) is 6.00. The Balaban J connectivity index is 1.61. The first-order valence-corrected chi connectivity index (χ1v) is 9.21. The predicted molar refractivity (Wildman–Crippen MR) is 110 cm³/mol. The molecule has 0 saturated heterocycles. The number of hydrazone groups is 1. The lowest BCUT2D eigenvalue weighted by molar-refractivity contribution is 0.490. The van der Waals surface area contributed by atoms with Gasteiger partial charge >= 0.3 is 0 Å². The topological polar surface area (TPSA) is 62.6 Å². The van der Waals surface area contributed by atoms with Crippen molar-refractivity contribution in [2.24, 2.45) is 5.10 Å². The Morgan fingerprint density at radius 1 is 1.30 bits per heavy atom. The zero-order chi connectivity index (χ0) is 19.0. The summed E-state index contributed by atoms with van der Waals surface area (Å²) in [6.07, 6.45) is 7.53. The Bertz CT molecular complexity index is 991. The Labute approximate surface area is 171 Å². The summed E-state index contributed by atoms with van der Waals surface area (Å²) >= 11 is 19.0. The first-order chi connectivity index (χ1) is 13.0. The second kappa shape index (κ2) is 7.03. The molecule has 4 rings (SSSR count). The van der Waals surface area contributed by atoms with E-state index >= 15 is 0 Å². The number of alkyl halides is 1. The summed E-state index contributed by atoms with van der Waals surface area (Å²) in [5.41, 5.74) is 0.775. The standard InChI is InChI=1S/C18H14Cl3N5O/c1-26-15-13(27-16(25-26)18(21)8-3-2-7-14(18)20)10-22-17(24-15)23-12-6-4-5-11(19)9-12/h2-7,9-10H,8H2,1H3,(H,22,23,24). The van der Waals surface area contributed by atoms with Crippen molar-refractivity contribution in [3.05, 3.63) is 58.7 Å². The molecule has 2 heterocycles. The highest BCUT2D eigenvalue weighted by Crippen LogP contribution is 2.40. The van der Waals surface area contributed by atoms with E-state index in [-0.39, 0.29) is 5.90 Å². The molecule has 138 valence electrons. The molecule has 1 aromatic carbocycles. The molecule has 1 unspecified atom stereocenters. The Kier molecular flexibility index (Phi) is 4.72. The van der Waals surface area contributed by atoms with E-state index in [2.05, 4.69) is 20.4 Å². The molecule has 0 radical (unpaired) electrons. The van der Waals surface area contributed by atoms with Crippen LogP contribution in [0.3, 0.4) is 0 Å². The number of ether oxygens (including phenoxy) is 1. The molecular weight excluding hydrogens is 409 g/mol. The van der Waals surface area contributed by atoms with E-state index in [0.29, 0.717) is 34.0 Å². The molecule has 0 spiro atoms. The van der Waals surface area contributed by atoms with Crippen LogP contribution in [0.4, 0.5) is 17.5 Å². The highest BCUT2D eigenvalue weighted by Gasteiger charge is 2.42. The molecule has 27 heavy (non-hydrogen) atoms. The van der Waals surface area contributed by atoms with E-state index in [1.165, 1.54) is 0 Å². The molecule has 0 amide bonds. The number of nitrogens with one attached hydrogen (secondary N) is 1. The lowest BCUT2D eigenvalue weighted by Crippen LogP contribution is -2.41. The Hall–Kier alpha value is -2.28. The molecule has 0 bridgehead atoms. The monoisotopic (exact) mass is 421 g/mol. The van der Waals surface area contributed by atoms with Gasteiger partial charge in [-0.3, -0.25) is 0 Å². The van der Waals surface area contributed by atoms with Gasteiger partial charge < -0.3 is 10.1 Å². The zero-order valence-electron chi connectivity index (χ0n) is 14.2. The van der Waals surface area contributed by atoms with Crippen LogP contribution in [0.5, 0.6) is 5.75 Å². The van der Waals surface area contributed by atoms with Crippen LogP contribution in [0.25, 0.3) is 0 Å². The van der Waals surface area contributed by atoms with Crippen molar-refractivity contribution in [2.75, 3.05) is 17.4 Å². The number of hydrogen-bond donors (Lipinski definition) is 1. The minimum absolute atomic E-state index is 0.281. The lowest BCUT2D eigenvalue weighted by atomic mass is 9.99. The SMILES string of the molecule is CN1N=C(C2(Cl)CC=CC=C2Cl)Oc2cnc(Nc3cccc(Cl)c3)nc21. The first-order valence-electron chi connectivity index (χ1n) is 8.08. The van der Waals surface area contributed by atoms with Crippen LogP contribution in [0, 0.1) is 0 Å². The van der Waals surface area contributed by atoms with E-state index in [1.807, 2.05) is 24.3 Å². The molecule has 1 atom stereocenters. The van der Waals surface area contributed by atoms with E-state index < -0.39 is 4.87 Å². The number of benzene rings is 1. The number of anilines is 3. The average Bonchev–Trinajstić information content (AvgIpc) is 2.64. The second-order valence-corrected chi connectivity index (χ2v) is 7.48. The van der Waals surface area contributed by atoms with Gasteiger partial charge in [-0.2, -0.15) is 4.98 Å². The van der Waals surface area contributed by atoms with Crippen molar-refractivity contribution in [3.63, 3.8) is 0 Å². The van der Waals surface area contributed by atoms with Crippen LogP contribution >= 0.6 is 34.8 Å². The molecule has 2 aromatic rings. The molecule has 1 aromatic heterocycles. The summed E-state index contributed by atoms with van der Waals surface area (Å²) in [6.45, 7) is 0. The summed E-state index contributed by atoms with van der Waals surface area (Å²) in [4.78, 5) is 7.72. The van der Waals surface area contributed by atoms with Crippen molar-refractivity contribution in [3.8, 4) is 5.75 Å². The molecule has 2 aliphatic rings. The highest BCUT2D eigenvalue weighted by atomic mass is 35.5. The summed E-state index contributed by atoms with van der Waals surface area (Å²) in [5.74, 6) is 1.62. The van der Waals surface area contributed by atoms with Gasteiger partial charge in [-0.25, -0.2) is 9.99 Å². The normalized spacial score (nSPS) is 21.1. The third-order valence-electron chi connectivity index (χ3n) is 4.07. The van der Waals surface area contributed by atoms with Crippen molar-refractivity contribution < 1.29 is 4.74 Å². The van der Waals surface area contributed by atoms with Crippen molar-refractivity contribution in [1.29, 1.82) is 0 Å². The Morgan fingerprint density at radius 3 is 2.93 bits per heavy atom. The van der Waals surface area contributed by atoms with Gasteiger partial charge in [-0.15, -0.1) is 16.7 Å². The maximum Gasteiger partial charge on any atom is 0.239 e. The smallest absolute Gasteiger partial charge is 0.239 e. The van der Waals surface area contributed by atoms with Crippen LogP contribution in [-0.2, 0) is 0 Å². The van der Waals surface area contributed by atoms with Gasteiger partial charge in [0.1, 0.15) is 0 Å². The number of fused-ring (bicyclic) bond motifs is 1. The fraction of sp³-hybridized carbons (Fsp3) is 0.167. The number of hydrogen-bond acceptors (Lipinski definition) is 6. The van der Waals surface area contributed by atoms with E-state index in [9.17, 15) is 0 Å². The Morgan fingerprint density at radius 2 is 2.15 bits per heavy atom. The molecular formula is C18H14Cl3N5O. The van der Waals surface area contributed by atoms with E-state index in [1.54, 1.807) is 36.5 Å². The van der Waals surface area contributed by atoms with Crippen LogP contribution in [0.15, 0.2) is 58.8 Å². The minimum Gasteiger partial charge on any atom is -0.433 e. The van der Waals surface area contributed by atoms with Crippen LogP contribution in [0.2, 0.25) is 5.02 Å². The lowest BCUT2D eigenvalue weighted by Gasteiger charge is -2.32. The van der Waals surface area contributed by atoms with E-state index in [0.717, 1.165) is 5.69 Å². The zero-order valence-corrected chi connectivity index (χ0v) is 16.4. The van der Waals surface area contributed by atoms with Gasteiger partial charge in [0.2, 0.25) is 11.8 Å². The van der Waals surface area contributed by atoms with Crippen LogP contribution < -0.4 is 15.1 Å². The molecule has 9 heteroatoms. The quantitative estimate of drug-likeness (QED) is 0.699. The molecule has 0 saturated carbocycles. The van der Waals surface area contributed by atoms with Gasteiger partial charge in [0.15, 0.2) is 16.4 Å². The van der Waals surface area contributed by atoms with Gasteiger partial charge in [-0.05, 0) is 30.7 Å². The predicted octanol–water partition coefficient (Wildman–Crippen LogP) is 5.08.